The molecule has 116 valence electrons. The van der Waals surface area contributed by atoms with E-state index in [-0.39, 0.29) is 5.91 Å². The van der Waals surface area contributed by atoms with Crippen LogP contribution in [0.15, 0.2) is 16.6 Å². The van der Waals surface area contributed by atoms with E-state index in [1.54, 1.807) is 13.2 Å². The first-order valence-corrected chi connectivity index (χ1v) is 8.19. The van der Waals surface area contributed by atoms with E-state index in [4.69, 9.17) is 9.47 Å². The molecular weight excluding hydrogens is 334 g/mol. The summed E-state index contributed by atoms with van der Waals surface area (Å²) in [5, 5.41) is 0. The van der Waals surface area contributed by atoms with Gasteiger partial charge < -0.3 is 14.4 Å². The van der Waals surface area contributed by atoms with Crippen LogP contribution in [0.5, 0.6) is 11.5 Å². The summed E-state index contributed by atoms with van der Waals surface area (Å²) in [7, 11) is 1.59. The zero-order chi connectivity index (χ0) is 15.4. The van der Waals surface area contributed by atoms with Gasteiger partial charge in [-0.05, 0) is 61.2 Å². The maximum absolute atomic E-state index is 12.7. The minimum absolute atomic E-state index is 0.0595. The molecule has 1 aliphatic rings. The van der Waals surface area contributed by atoms with Crippen LogP contribution in [-0.2, 0) is 0 Å². The molecule has 1 heterocycles. The molecule has 1 fully saturated rings. The number of methoxy groups -OCH3 is 1. The second-order valence-corrected chi connectivity index (χ2v) is 6.12. The molecule has 1 atom stereocenters. The average molecular weight is 356 g/mol. The Morgan fingerprint density at radius 1 is 1.43 bits per heavy atom. The lowest BCUT2D eigenvalue weighted by Crippen LogP contribution is -2.42. The number of hydrogen-bond donors (Lipinski definition) is 0. The molecule has 5 heteroatoms. The molecule has 0 saturated carbocycles. The molecule has 4 nitrogen and oxygen atoms in total. The molecular formula is C16H22BrNO3. The van der Waals surface area contributed by atoms with Crippen molar-refractivity contribution in [3.8, 4) is 11.5 Å². The number of benzene rings is 1. The summed E-state index contributed by atoms with van der Waals surface area (Å²) in [6.07, 6.45) is 3.34. The van der Waals surface area contributed by atoms with Gasteiger partial charge in [0.05, 0.1) is 18.2 Å². The number of ether oxygens (including phenoxy) is 2. The van der Waals surface area contributed by atoms with E-state index in [1.165, 1.54) is 6.42 Å². The molecule has 2 rings (SSSR count). The molecule has 1 aromatic carbocycles. The van der Waals surface area contributed by atoms with Crippen molar-refractivity contribution in [2.75, 3.05) is 20.3 Å². The highest BCUT2D eigenvalue weighted by molar-refractivity contribution is 9.10. The molecule has 0 radical (unpaired) electrons. The van der Waals surface area contributed by atoms with Gasteiger partial charge in [-0.2, -0.15) is 0 Å². The van der Waals surface area contributed by atoms with Crippen molar-refractivity contribution in [1.82, 2.24) is 4.90 Å². The number of nitrogens with zero attached hydrogens (tertiary/aromatic N) is 1. The van der Waals surface area contributed by atoms with Crippen molar-refractivity contribution < 1.29 is 14.3 Å². The van der Waals surface area contributed by atoms with E-state index in [2.05, 4.69) is 22.9 Å². The van der Waals surface area contributed by atoms with Gasteiger partial charge in [0.2, 0.25) is 0 Å². The zero-order valence-corrected chi connectivity index (χ0v) is 14.4. The Morgan fingerprint density at radius 3 is 2.81 bits per heavy atom. The lowest BCUT2D eigenvalue weighted by Gasteiger charge is -2.33. The van der Waals surface area contributed by atoms with Gasteiger partial charge in [0.25, 0.3) is 5.91 Å². The van der Waals surface area contributed by atoms with E-state index in [0.717, 1.165) is 23.9 Å². The summed E-state index contributed by atoms with van der Waals surface area (Å²) in [5.74, 6) is 1.28. The number of hydrogen-bond acceptors (Lipinski definition) is 3. The Bertz CT molecular complexity index is 518. The number of rotatable bonds is 4. The fraction of sp³-hybridized carbons (Fsp3) is 0.562. The standard InChI is InChI=1S/C16H22BrNO3/c1-4-21-15-13(17)9-12(10-14(15)20-3)16(19)18-8-6-5-7-11(18)2/h9-11H,4-8H2,1-3H3/t11-/m1/s1. The number of carbonyl (C=O) groups is 1. The Hall–Kier alpha value is -1.23. The van der Waals surface area contributed by atoms with Crippen LogP contribution in [-0.4, -0.2) is 37.1 Å². The molecule has 0 aromatic heterocycles. The molecule has 0 unspecified atom stereocenters. The average Bonchev–Trinajstić information content (AvgIpc) is 2.49. The van der Waals surface area contributed by atoms with Gasteiger partial charge in [-0.3, -0.25) is 4.79 Å². The lowest BCUT2D eigenvalue weighted by atomic mass is 10.0. The van der Waals surface area contributed by atoms with E-state index in [1.807, 2.05) is 17.9 Å². The van der Waals surface area contributed by atoms with E-state index < -0.39 is 0 Å². The molecule has 1 amide bonds. The van der Waals surface area contributed by atoms with Crippen molar-refractivity contribution in [2.24, 2.45) is 0 Å². The quantitative estimate of drug-likeness (QED) is 0.822. The van der Waals surface area contributed by atoms with Crippen LogP contribution in [0.2, 0.25) is 0 Å². The molecule has 21 heavy (non-hydrogen) atoms. The highest BCUT2D eigenvalue weighted by Crippen LogP contribution is 2.37. The Labute approximate surface area is 134 Å². The second kappa shape index (κ2) is 7.16. The molecule has 1 saturated heterocycles. The first kappa shape index (κ1) is 16.1. The minimum atomic E-state index is 0.0595. The molecule has 1 aliphatic heterocycles. The predicted octanol–water partition coefficient (Wildman–Crippen LogP) is 3.87. The number of amides is 1. The third kappa shape index (κ3) is 3.51. The third-order valence-corrected chi connectivity index (χ3v) is 4.42. The summed E-state index contributed by atoms with van der Waals surface area (Å²) in [4.78, 5) is 14.7. The van der Waals surface area contributed by atoms with Crippen LogP contribution < -0.4 is 9.47 Å². The van der Waals surface area contributed by atoms with Crippen LogP contribution in [0.3, 0.4) is 0 Å². The van der Waals surface area contributed by atoms with Crippen molar-refractivity contribution in [2.45, 2.75) is 39.2 Å². The number of piperidine rings is 1. The maximum Gasteiger partial charge on any atom is 0.254 e. The molecule has 0 N–H and O–H groups in total. The smallest absolute Gasteiger partial charge is 0.254 e. The molecule has 0 bridgehead atoms. The van der Waals surface area contributed by atoms with Crippen LogP contribution in [0, 0.1) is 0 Å². The van der Waals surface area contributed by atoms with Gasteiger partial charge in [-0.1, -0.05) is 0 Å². The highest BCUT2D eigenvalue weighted by atomic mass is 79.9. The first-order valence-electron chi connectivity index (χ1n) is 7.39. The van der Waals surface area contributed by atoms with Gasteiger partial charge in [0.1, 0.15) is 0 Å². The van der Waals surface area contributed by atoms with Crippen LogP contribution in [0.1, 0.15) is 43.5 Å². The predicted molar refractivity (Wildman–Crippen MR) is 86.2 cm³/mol. The molecule has 0 aliphatic carbocycles. The molecule has 0 spiro atoms. The zero-order valence-electron chi connectivity index (χ0n) is 12.8. The summed E-state index contributed by atoms with van der Waals surface area (Å²) in [6.45, 7) is 5.40. The number of likely N-dealkylation sites (tertiary alicyclic amines) is 1. The van der Waals surface area contributed by atoms with E-state index in [9.17, 15) is 4.79 Å². The largest absolute Gasteiger partial charge is 0.493 e. The fourth-order valence-corrected chi connectivity index (χ4v) is 3.25. The van der Waals surface area contributed by atoms with Crippen LogP contribution in [0.4, 0.5) is 0 Å². The molecule has 1 aromatic rings. The first-order chi connectivity index (χ1) is 10.1. The van der Waals surface area contributed by atoms with Gasteiger partial charge in [0.15, 0.2) is 11.5 Å². The summed E-state index contributed by atoms with van der Waals surface area (Å²) in [5.41, 5.74) is 0.635. The Balaban J connectivity index is 2.31. The highest BCUT2D eigenvalue weighted by Gasteiger charge is 2.25. The second-order valence-electron chi connectivity index (χ2n) is 5.27. The van der Waals surface area contributed by atoms with Gasteiger partial charge in [-0.15, -0.1) is 0 Å². The van der Waals surface area contributed by atoms with Crippen molar-refractivity contribution >= 4 is 21.8 Å². The Morgan fingerprint density at radius 2 is 2.19 bits per heavy atom. The topological polar surface area (TPSA) is 38.8 Å². The van der Waals surface area contributed by atoms with Crippen LogP contribution >= 0.6 is 15.9 Å². The van der Waals surface area contributed by atoms with Gasteiger partial charge in [-0.25, -0.2) is 0 Å². The van der Waals surface area contributed by atoms with Gasteiger partial charge >= 0.3 is 0 Å². The summed E-state index contributed by atoms with van der Waals surface area (Å²) in [6, 6.07) is 3.87. The lowest BCUT2D eigenvalue weighted by molar-refractivity contribution is 0.0635. The van der Waals surface area contributed by atoms with Crippen molar-refractivity contribution in [3.63, 3.8) is 0 Å². The SMILES string of the molecule is CCOc1c(Br)cc(C(=O)N2CCCC[C@H]2C)cc1OC. The van der Waals surface area contributed by atoms with Gasteiger partial charge in [0, 0.05) is 18.2 Å². The Kier molecular flexibility index (Phi) is 5.51. The van der Waals surface area contributed by atoms with E-state index in [0.29, 0.717) is 29.7 Å². The number of halogens is 1. The van der Waals surface area contributed by atoms with Crippen LogP contribution in [0.25, 0.3) is 0 Å². The number of carbonyl (C=O) groups excluding carboxylic acids is 1. The maximum atomic E-state index is 12.7. The van der Waals surface area contributed by atoms with Crippen molar-refractivity contribution in [3.05, 3.63) is 22.2 Å². The summed E-state index contributed by atoms with van der Waals surface area (Å²) >= 11 is 3.47. The monoisotopic (exact) mass is 355 g/mol. The minimum Gasteiger partial charge on any atom is -0.493 e. The van der Waals surface area contributed by atoms with Crippen molar-refractivity contribution in [1.29, 1.82) is 0 Å². The normalized spacial score (nSPS) is 18.5. The fourth-order valence-electron chi connectivity index (χ4n) is 2.69. The van der Waals surface area contributed by atoms with E-state index >= 15 is 0 Å². The third-order valence-electron chi connectivity index (χ3n) is 3.83. The summed E-state index contributed by atoms with van der Waals surface area (Å²) < 4.78 is 11.7.